The van der Waals surface area contributed by atoms with E-state index in [9.17, 15) is 12.8 Å². The third-order valence-electron chi connectivity index (χ3n) is 1.80. The molecule has 6 heteroatoms. The number of methoxy groups -OCH3 is 1. The standard InChI is InChI=1S/C9H12FNO3S/c1-3-15(12,13)11-7-4-5-8(10)9(6-7)14-2/h4-6,11H,3H2,1-2H3. The Kier molecular flexibility index (Phi) is 3.52. The molecule has 0 unspecified atom stereocenters. The second kappa shape index (κ2) is 4.48. The van der Waals surface area contributed by atoms with Crippen LogP contribution < -0.4 is 9.46 Å². The van der Waals surface area contributed by atoms with Gasteiger partial charge in [-0.25, -0.2) is 12.8 Å². The van der Waals surface area contributed by atoms with Crippen LogP contribution in [0.25, 0.3) is 0 Å². The van der Waals surface area contributed by atoms with Gasteiger partial charge in [-0.15, -0.1) is 0 Å². The van der Waals surface area contributed by atoms with Crippen LogP contribution in [0.15, 0.2) is 18.2 Å². The summed E-state index contributed by atoms with van der Waals surface area (Å²) in [5.41, 5.74) is 0.287. The number of hydrogen-bond donors (Lipinski definition) is 1. The van der Waals surface area contributed by atoms with Crippen molar-refractivity contribution < 1.29 is 17.5 Å². The Labute approximate surface area is 88.1 Å². The quantitative estimate of drug-likeness (QED) is 0.859. The average Bonchev–Trinajstić information content (AvgIpc) is 2.20. The fourth-order valence-electron chi connectivity index (χ4n) is 0.975. The van der Waals surface area contributed by atoms with Gasteiger partial charge in [-0.2, -0.15) is 0 Å². The highest BCUT2D eigenvalue weighted by Gasteiger charge is 2.09. The lowest BCUT2D eigenvalue weighted by Gasteiger charge is -2.08. The highest BCUT2D eigenvalue weighted by molar-refractivity contribution is 7.92. The molecular formula is C9H12FNO3S. The Morgan fingerprint density at radius 1 is 1.47 bits per heavy atom. The van der Waals surface area contributed by atoms with Gasteiger partial charge in [-0.1, -0.05) is 0 Å². The van der Waals surface area contributed by atoms with E-state index in [1.54, 1.807) is 0 Å². The van der Waals surface area contributed by atoms with Crippen molar-refractivity contribution in [1.29, 1.82) is 0 Å². The predicted molar refractivity (Wildman–Crippen MR) is 56.0 cm³/mol. The molecule has 0 saturated carbocycles. The Hall–Kier alpha value is -1.30. The highest BCUT2D eigenvalue weighted by Crippen LogP contribution is 2.22. The Morgan fingerprint density at radius 2 is 2.13 bits per heavy atom. The van der Waals surface area contributed by atoms with Crippen molar-refractivity contribution in [1.82, 2.24) is 0 Å². The lowest BCUT2D eigenvalue weighted by atomic mass is 10.3. The third kappa shape index (κ3) is 3.09. The van der Waals surface area contributed by atoms with Gasteiger partial charge in [0.1, 0.15) is 0 Å². The van der Waals surface area contributed by atoms with Crippen LogP contribution in [0, 0.1) is 5.82 Å². The maximum Gasteiger partial charge on any atom is 0.232 e. The van der Waals surface area contributed by atoms with E-state index in [-0.39, 0.29) is 17.2 Å². The first kappa shape index (κ1) is 11.8. The molecule has 0 spiro atoms. The van der Waals surface area contributed by atoms with Crippen molar-refractivity contribution in [3.63, 3.8) is 0 Å². The molecule has 0 bridgehead atoms. The molecule has 0 fully saturated rings. The van der Waals surface area contributed by atoms with Gasteiger partial charge in [0, 0.05) is 6.07 Å². The summed E-state index contributed by atoms with van der Waals surface area (Å²) in [6.45, 7) is 1.52. The number of anilines is 1. The van der Waals surface area contributed by atoms with Gasteiger partial charge in [0.25, 0.3) is 0 Å². The largest absolute Gasteiger partial charge is 0.494 e. The fourth-order valence-corrected chi connectivity index (χ4v) is 1.61. The molecule has 1 rings (SSSR count). The number of sulfonamides is 1. The van der Waals surface area contributed by atoms with Crippen LogP contribution in [0.1, 0.15) is 6.92 Å². The molecule has 0 amide bonds. The van der Waals surface area contributed by atoms with Gasteiger partial charge in [0.2, 0.25) is 10.0 Å². The summed E-state index contributed by atoms with van der Waals surface area (Å²) in [4.78, 5) is 0. The van der Waals surface area contributed by atoms with E-state index < -0.39 is 15.8 Å². The summed E-state index contributed by atoms with van der Waals surface area (Å²) in [5.74, 6) is -0.560. The minimum absolute atomic E-state index is 0.00584. The summed E-state index contributed by atoms with van der Waals surface area (Å²) in [5, 5.41) is 0. The highest BCUT2D eigenvalue weighted by atomic mass is 32.2. The Bertz CT molecular complexity index is 445. The number of nitrogens with one attached hydrogen (secondary N) is 1. The lowest BCUT2D eigenvalue weighted by Crippen LogP contribution is -2.14. The Balaban J connectivity index is 2.98. The van der Waals surface area contributed by atoms with Crippen LogP contribution in [0.3, 0.4) is 0 Å². The molecule has 0 atom stereocenters. The van der Waals surface area contributed by atoms with Gasteiger partial charge < -0.3 is 4.74 Å². The van der Waals surface area contributed by atoms with Crippen LogP contribution in [0.5, 0.6) is 5.75 Å². The van der Waals surface area contributed by atoms with Gasteiger partial charge >= 0.3 is 0 Å². The molecule has 0 heterocycles. The lowest BCUT2D eigenvalue weighted by molar-refractivity contribution is 0.387. The first-order chi connectivity index (χ1) is 6.98. The molecule has 0 aliphatic rings. The van der Waals surface area contributed by atoms with Crippen LogP contribution in [0.4, 0.5) is 10.1 Å². The first-order valence-electron chi connectivity index (χ1n) is 4.32. The topological polar surface area (TPSA) is 55.4 Å². The number of hydrogen-bond acceptors (Lipinski definition) is 3. The minimum atomic E-state index is -3.34. The predicted octanol–water partition coefficient (Wildman–Crippen LogP) is 1.60. The van der Waals surface area contributed by atoms with E-state index in [0.717, 1.165) is 6.07 Å². The number of benzene rings is 1. The second-order valence-corrected chi connectivity index (χ2v) is 4.87. The monoisotopic (exact) mass is 233 g/mol. The molecule has 1 aromatic rings. The second-order valence-electron chi connectivity index (χ2n) is 2.85. The summed E-state index contributed by atoms with van der Waals surface area (Å²) in [6, 6.07) is 3.78. The summed E-state index contributed by atoms with van der Waals surface area (Å²) >= 11 is 0. The summed E-state index contributed by atoms with van der Waals surface area (Å²) in [6.07, 6.45) is 0. The zero-order valence-corrected chi connectivity index (χ0v) is 9.27. The molecule has 15 heavy (non-hydrogen) atoms. The van der Waals surface area contributed by atoms with Gasteiger partial charge in [-0.05, 0) is 19.1 Å². The van der Waals surface area contributed by atoms with Gasteiger partial charge in [0.15, 0.2) is 11.6 Å². The minimum Gasteiger partial charge on any atom is -0.494 e. The van der Waals surface area contributed by atoms with Crippen LogP contribution in [-0.4, -0.2) is 21.3 Å². The zero-order chi connectivity index (χ0) is 11.5. The average molecular weight is 233 g/mol. The van der Waals surface area contributed by atoms with Crippen molar-refractivity contribution in [2.24, 2.45) is 0 Å². The maximum absolute atomic E-state index is 13.0. The molecule has 0 aliphatic carbocycles. The maximum atomic E-state index is 13.0. The molecule has 1 aromatic carbocycles. The number of rotatable bonds is 4. The van der Waals surface area contributed by atoms with E-state index in [0.29, 0.717) is 0 Å². The van der Waals surface area contributed by atoms with Crippen molar-refractivity contribution in [2.75, 3.05) is 17.6 Å². The van der Waals surface area contributed by atoms with Crippen molar-refractivity contribution in [3.05, 3.63) is 24.0 Å². The van der Waals surface area contributed by atoms with Gasteiger partial charge in [0.05, 0.1) is 18.6 Å². The van der Waals surface area contributed by atoms with E-state index in [1.165, 1.54) is 26.2 Å². The summed E-state index contributed by atoms with van der Waals surface area (Å²) < 4.78 is 42.4. The first-order valence-corrected chi connectivity index (χ1v) is 5.97. The molecule has 84 valence electrons. The van der Waals surface area contributed by atoms with Crippen LogP contribution in [0.2, 0.25) is 0 Å². The molecule has 0 aliphatic heterocycles. The van der Waals surface area contributed by atoms with Crippen LogP contribution >= 0.6 is 0 Å². The smallest absolute Gasteiger partial charge is 0.232 e. The molecule has 0 radical (unpaired) electrons. The van der Waals surface area contributed by atoms with Crippen molar-refractivity contribution >= 4 is 15.7 Å². The molecule has 0 aromatic heterocycles. The SMILES string of the molecule is CCS(=O)(=O)Nc1ccc(F)c(OC)c1. The van der Waals surface area contributed by atoms with Gasteiger partial charge in [-0.3, -0.25) is 4.72 Å². The van der Waals surface area contributed by atoms with Crippen molar-refractivity contribution in [2.45, 2.75) is 6.92 Å². The Morgan fingerprint density at radius 3 is 2.67 bits per heavy atom. The molecule has 4 nitrogen and oxygen atoms in total. The van der Waals surface area contributed by atoms with E-state index in [2.05, 4.69) is 4.72 Å². The van der Waals surface area contributed by atoms with E-state index >= 15 is 0 Å². The third-order valence-corrected chi connectivity index (χ3v) is 3.11. The molecule has 0 saturated heterocycles. The fraction of sp³-hybridized carbons (Fsp3) is 0.333. The summed E-state index contributed by atoms with van der Waals surface area (Å²) in [7, 11) is -2.02. The molecule has 1 N–H and O–H groups in total. The van der Waals surface area contributed by atoms with Crippen molar-refractivity contribution in [3.8, 4) is 5.75 Å². The zero-order valence-electron chi connectivity index (χ0n) is 8.45. The number of ether oxygens (including phenoxy) is 1. The van der Waals surface area contributed by atoms with E-state index in [1.807, 2.05) is 0 Å². The number of halogens is 1. The van der Waals surface area contributed by atoms with E-state index in [4.69, 9.17) is 4.74 Å². The van der Waals surface area contributed by atoms with Crippen LogP contribution in [-0.2, 0) is 10.0 Å². The molecular weight excluding hydrogens is 221 g/mol. The normalized spacial score (nSPS) is 11.1.